The maximum Gasteiger partial charge on any atom is 0.253 e. The van der Waals surface area contributed by atoms with E-state index >= 15 is 0 Å². The van der Waals surface area contributed by atoms with Gasteiger partial charge in [0.25, 0.3) is 5.91 Å². The van der Waals surface area contributed by atoms with E-state index in [0.717, 1.165) is 17.7 Å². The third-order valence-corrected chi connectivity index (χ3v) is 3.86. The van der Waals surface area contributed by atoms with Gasteiger partial charge < -0.3 is 10.6 Å². The predicted molar refractivity (Wildman–Crippen MR) is 86.9 cm³/mol. The van der Waals surface area contributed by atoms with Gasteiger partial charge in [0.1, 0.15) is 0 Å². The number of carbonyl (C=O) groups is 1. The Morgan fingerprint density at radius 1 is 1.50 bits per heavy atom. The second-order valence-electron chi connectivity index (χ2n) is 4.52. The van der Waals surface area contributed by atoms with Crippen LogP contribution in [-0.2, 0) is 0 Å². The third-order valence-electron chi connectivity index (χ3n) is 3.14. The zero-order valence-electron chi connectivity index (χ0n) is 12.3. The minimum Gasteiger partial charge on any atom is -0.338 e. The van der Waals surface area contributed by atoms with Crippen LogP contribution in [0.25, 0.3) is 0 Å². The highest BCUT2D eigenvalue weighted by Gasteiger charge is 2.19. The summed E-state index contributed by atoms with van der Waals surface area (Å²) in [5, 5.41) is 0. The first-order valence-corrected chi connectivity index (χ1v) is 8.08. The third kappa shape index (κ3) is 4.59. The Labute approximate surface area is 125 Å². The number of thioether (sulfide) groups is 1. The molecule has 0 aliphatic heterocycles. The molecular weight excluding hydrogens is 268 g/mol. The first-order valence-electron chi connectivity index (χ1n) is 6.69. The van der Waals surface area contributed by atoms with E-state index in [0.29, 0.717) is 12.1 Å². The molecule has 0 fully saturated rings. The fourth-order valence-electron chi connectivity index (χ4n) is 1.95. The fourth-order valence-corrected chi connectivity index (χ4v) is 2.79. The molecule has 0 saturated carbocycles. The van der Waals surface area contributed by atoms with Crippen LogP contribution in [0.15, 0.2) is 24.3 Å². The molecule has 0 bridgehead atoms. The van der Waals surface area contributed by atoms with Crippen molar-refractivity contribution in [2.45, 2.75) is 19.4 Å². The van der Waals surface area contributed by atoms with E-state index in [9.17, 15) is 4.79 Å². The maximum atomic E-state index is 12.5. The van der Waals surface area contributed by atoms with E-state index in [1.54, 1.807) is 11.8 Å². The van der Waals surface area contributed by atoms with Gasteiger partial charge in [-0.2, -0.15) is 11.8 Å². The monoisotopic (exact) mass is 290 g/mol. The summed E-state index contributed by atoms with van der Waals surface area (Å²) in [6.45, 7) is 2.43. The minimum atomic E-state index is 0.0438. The van der Waals surface area contributed by atoms with E-state index in [1.165, 1.54) is 0 Å². The Morgan fingerprint density at radius 2 is 2.25 bits per heavy atom. The van der Waals surface area contributed by atoms with Crippen LogP contribution in [0.2, 0.25) is 0 Å². The summed E-state index contributed by atoms with van der Waals surface area (Å²) in [5.41, 5.74) is 6.87. The highest BCUT2D eigenvalue weighted by molar-refractivity contribution is 7.98. The zero-order valence-corrected chi connectivity index (χ0v) is 13.2. The first kappa shape index (κ1) is 16.6. The van der Waals surface area contributed by atoms with Crippen LogP contribution in [-0.4, -0.2) is 42.4 Å². The summed E-state index contributed by atoms with van der Waals surface area (Å²) in [6.07, 6.45) is 3.01. The van der Waals surface area contributed by atoms with Crippen LogP contribution < -0.4 is 5.73 Å². The lowest BCUT2D eigenvalue weighted by Gasteiger charge is -2.26. The van der Waals surface area contributed by atoms with Crippen molar-refractivity contribution >= 4 is 17.7 Å². The van der Waals surface area contributed by atoms with Gasteiger partial charge >= 0.3 is 0 Å². The Kier molecular flexibility index (Phi) is 7.21. The molecule has 0 spiro atoms. The summed E-state index contributed by atoms with van der Waals surface area (Å²) < 4.78 is 0. The second-order valence-corrected chi connectivity index (χ2v) is 5.43. The lowest BCUT2D eigenvalue weighted by atomic mass is 10.1. The van der Waals surface area contributed by atoms with Crippen LogP contribution >= 0.6 is 11.8 Å². The summed E-state index contributed by atoms with van der Waals surface area (Å²) in [7, 11) is 1.87. The van der Waals surface area contributed by atoms with Gasteiger partial charge in [-0.3, -0.25) is 4.79 Å². The van der Waals surface area contributed by atoms with Crippen molar-refractivity contribution in [3.63, 3.8) is 0 Å². The van der Waals surface area contributed by atoms with Gasteiger partial charge in [-0.15, -0.1) is 0 Å². The summed E-state index contributed by atoms with van der Waals surface area (Å²) >= 11 is 1.76. The molecule has 0 radical (unpaired) electrons. The van der Waals surface area contributed by atoms with E-state index in [-0.39, 0.29) is 11.9 Å². The lowest BCUT2D eigenvalue weighted by molar-refractivity contribution is 0.0743. The van der Waals surface area contributed by atoms with E-state index < -0.39 is 0 Å². The maximum absolute atomic E-state index is 12.5. The Bertz CT molecular complexity index is 505. The molecule has 1 rings (SSSR count). The van der Waals surface area contributed by atoms with Gasteiger partial charge in [0, 0.05) is 30.0 Å². The molecule has 108 valence electrons. The summed E-state index contributed by atoms with van der Waals surface area (Å²) in [6, 6.07) is 7.66. The average molecular weight is 290 g/mol. The molecule has 0 heterocycles. The van der Waals surface area contributed by atoms with E-state index in [2.05, 4.69) is 25.0 Å². The molecule has 1 atom stereocenters. The number of benzene rings is 1. The number of carbonyl (C=O) groups excluding carboxylic acids is 1. The molecule has 20 heavy (non-hydrogen) atoms. The lowest BCUT2D eigenvalue weighted by Crippen LogP contribution is -2.38. The smallest absolute Gasteiger partial charge is 0.253 e. The van der Waals surface area contributed by atoms with Gasteiger partial charge in [-0.1, -0.05) is 24.8 Å². The number of nitrogens with zero attached hydrogens (tertiary/aromatic N) is 1. The average Bonchev–Trinajstić information content (AvgIpc) is 2.49. The highest BCUT2D eigenvalue weighted by Crippen LogP contribution is 2.13. The van der Waals surface area contributed by atoms with Crippen molar-refractivity contribution < 1.29 is 4.79 Å². The van der Waals surface area contributed by atoms with Gasteiger partial charge in [-0.05, 0) is 30.9 Å². The number of hydrogen-bond donors (Lipinski definition) is 1. The normalized spacial score (nSPS) is 11.4. The SMILES string of the molecule is CCC(CSC)N(C)C(=O)c1cccc(C#CCN)c1. The summed E-state index contributed by atoms with van der Waals surface area (Å²) in [5.74, 6) is 6.75. The number of rotatable bonds is 5. The largest absolute Gasteiger partial charge is 0.338 e. The molecule has 4 heteroatoms. The molecule has 0 aliphatic rings. The molecule has 1 aromatic rings. The molecule has 2 N–H and O–H groups in total. The van der Waals surface area contributed by atoms with Crippen molar-refractivity contribution in [1.29, 1.82) is 0 Å². The van der Waals surface area contributed by atoms with E-state index in [1.807, 2.05) is 36.2 Å². The van der Waals surface area contributed by atoms with Gasteiger partial charge in [0.2, 0.25) is 0 Å². The zero-order chi connectivity index (χ0) is 15.0. The number of amides is 1. The van der Waals surface area contributed by atoms with Crippen molar-refractivity contribution in [3.8, 4) is 11.8 Å². The second kappa shape index (κ2) is 8.68. The Hall–Kier alpha value is -1.44. The van der Waals surface area contributed by atoms with Crippen LogP contribution in [0, 0.1) is 11.8 Å². The van der Waals surface area contributed by atoms with Crippen LogP contribution in [0.5, 0.6) is 0 Å². The fraction of sp³-hybridized carbons (Fsp3) is 0.438. The quantitative estimate of drug-likeness (QED) is 0.846. The van der Waals surface area contributed by atoms with Crippen molar-refractivity contribution in [2.24, 2.45) is 5.73 Å². The van der Waals surface area contributed by atoms with Crippen molar-refractivity contribution in [3.05, 3.63) is 35.4 Å². The number of nitrogens with two attached hydrogens (primary N) is 1. The molecular formula is C16H22N2OS. The topological polar surface area (TPSA) is 46.3 Å². The van der Waals surface area contributed by atoms with Crippen LogP contribution in [0.1, 0.15) is 29.3 Å². The van der Waals surface area contributed by atoms with E-state index in [4.69, 9.17) is 5.73 Å². The molecule has 0 saturated heterocycles. The first-order chi connectivity index (χ1) is 9.63. The highest BCUT2D eigenvalue weighted by atomic mass is 32.2. The van der Waals surface area contributed by atoms with Crippen LogP contribution in [0.4, 0.5) is 0 Å². The number of hydrogen-bond acceptors (Lipinski definition) is 3. The van der Waals surface area contributed by atoms with Gasteiger partial charge in [-0.25, -0.2) is 0 Å². The molecule has 1 amide bonds. The van der Waals surface area contributed by atoms with Gasteiger partial charge in [0.15, 0.2) is 0 Å². The Balaban J connectivity index is 2.90. The van der Waals surface area contributed by atoms with Gasteiger partial charge in [0.05, 0.1) is 6.54 Å². The Morgan fingerprint density at radius 3 is 2.85 bits per heavy atom. The molecule has 1 unspecified atom stereocenters. The minimum absolute atomic E-state index is 0.0438. The molecule has 0 aliphatic carbocycles. The molecule has 3 nitrogen and oxygen atoms in total. The standard InChI is InChI=1S/C16H22N2OS/c1-4-15(12-20-3)18(2)16(19)14-9-5-7-13(11-14)8-6-10-17/h5,7,9,11,15H,4,10,12,17H2,1-3H3. The summed E-state index contributed by atoms with van der Waals surface area (Å²) in [4.78, 5) is 14.3. The molecule has 0 aromatic heterocycles. The predicted octanol–water partition coefficient (Wildman–Crippen LogP) is 2.21. The van der Waals surface area contributed by atoms with Crippen molar-refractivity contribution in [1.82, 2.24) is 4.90 Å². The molecule has 1 aromatic carbocycles. The van der Waals surface area contributed by atoms with Crippen LogP contribution in [0.3, 0.4) is 0 Å². The van der Waals surface area contributed by atoms with Crippen molar-refractivity contribution in [2.75, 3.05) is 25.6 Å².